The van der Waals surface area contributed by atoms with Gasteiger partial charge in [0.1, 0.15) is 30.4 Å². The van der Waals surface area contributed by atoms with E-state index in [-0.39, 0.29) is 11.3 Å². The maximum atomic E-state index is 15.8. The van der Waals surface area contributed by atoms with Gasteiger partial charge in [0.05, 0.1) is 19.7 Å². The lowest BCUT2D eigenvalue weighted by Gasteiger charge is -2.34. The Kier molecular flexibility index (Phi) is 7.15. The first-order valence-corrected chi connectivity index (χ1v) is 13.7. The van der Waals surface area contributed by atoms with E-state index in [9.17, 15) is 24.0 Å². The predicted molar refractivity (Wildman–Crippen MR) is 135 cm³/mol. The van der Waals surface area contributed by atoms with Crippen molar-refractivity contribution in [1.29, 1.82) is 0 Å². The molecule has 4 rings (SSSR count). The van der Waals surface area contributed by atoms with Gasteiger partial charge in [-0.1, -0.05) is 41.5 Å². The summed E-state index contributed by atoms with van der Waals surface area (Å²) in [6, 6.07) is 1.60. The van der Waals surface area contributed by atoms with Gasteiger partial charge < -0.3 is 19.5 Å². The van der Waals surface area contributed by atoms with Crippen molar-refractivity contribution in [3.8, 4) is 5.75 Å². The number of ether oxygens (including phenoxy) is 1. The van der Waals surface area contributed by atoms with Gasteiger partial charge in [0.15, 0.2) is 11.0 Å². The zero-order chi connectivity index (χ0) is 30.2. The summed E-state index contributed by atoms with van der Waals surface area (Å²) in [5.74, 6) is -5.56. The monoisotopic (exact) mass is 595 g/mol. The van der Waals surface area contributed by atoms with Crippen molar-refractivity contribution in [3.05, 3.63) is 55.7 Å². The van der Waals surface area contributed by atoms with E-state index < -0.39 is 78.1 Å². The minimum atomic E-state index is -4.67. The Morgan fingerprint density at radius 1 is 1.26 bits per heavy atom. The van der Waals surface area contributed by atoms with Crippen LogP contribution >= 0.6 is 20.0 Å². The lowest BCUT2D eigenvalue weighted by atomic mass is 9.78. The third kappa shape index (κ3) is 5.48. The Hall–Kier alpha value is -2.06. The van der Waals surface area contributed by atoms with Crippen molar-refractivity contribution in [2.45, 2.75) is 83.2 Å². The van der Waals surface area contributed by atoms with Gasteiger partial charge in [0, 0.05) is 5.56 Å². The van der Waals surface area contributed by atoms with Gasteiger partial charge in [0.25, 0.3) is 11.4 Å². The van der Waals surface area contributed by atoms with Crippen molar-refractivity contribution in [1.82, 2.24) is 9.55 Å². The quantitative estimate of drug-likeness (QED) is 0.347. The standard InChI is InChI=1S/C24H30F3N2O8PS/c1-22(2,3)12-7-13(23(4,5)6)17-11(15(12)26)9-34-38(33,37-17)35-10-24(27)18(31)16(30)20(36-24)29-8-14(25)19(32)28-21(29)39/h7-8,16,18,20,30-31H,9-10H2,1-6H3,(H,28,32,39)/t16-,18+,20-,24-,38?/m1/s1/i20D. The first kappa shape index (κ1) is 28.5. The molecule has 39 heavy (non-hydrogen) atoms. The summed E-state index contributed by atoms with van der Waals surface area (Å²) < 4.78 is 87.5. The zero-order valence-corrected chi connectivity index (χ0v) is 23.7. The summed E-state index contributed by atoms with van der Waals surface area (Å²) >= 11 is 4.86. The van der Waals surface area contributed by atoms with Gasteiger partial charge in [-0.25, -0.2) is 13.3 Å². The van der Waals surface area contributed by atoms with E-state index in [2.05, 4.69) is 0 Å². The second-order valence-electron chi connectivity index (χ2n) is 11.4. The minimum absolute atomic E-state index is 0.00499. The van der Waals surface area contributed by atoms with E-state index in [1.165, 1.54) is 0 Å². The summed E-state index contributed by atoms with van der Waals surface area (Å²) in [7, 11) is -4.67. The number of nitrogens with one attached hydrogen (secondary N) is 1. The number of halogens is 3. The van der Waals surface area contributed by atoms with Crippen LogP contribution in [0.25, 0.3) is 0 Å². The number of hydrogen-bond donors (Lipinski definition) is 3. The Morgan fingerprint density at radius 2 is 1.87 bits per heavy atom. The van der Waals surface area contributed by atoms with Gasteiger partial charge in [-0.05, 0) is 34.7 Å². The van der Waals surface area contributed by atoms with Gasteiger partial charge >= 0.3 is 7.82 Å². The number of aliphatic hydroxyl groups excluding tert-OH is 2. The maximum absolute atomic E-state index is 15.8. The Bertz CT molecular complexity index is 1520. The number of nitrogens with zero attached hydrogens (tertiary/aromatic N) is 1. The SMILES string of the molecule is [2H][C@@]1(n2cc(F)c(=O)[nH]c2=S)O[C@](F)(COP2(=O)OCc3c(F)c(C(C)(C)C)cc(C(C)(C)C)c3O2)[C@@H](O)[C@H]1O. The number of H-pyrrole nitrogens is 1. The number of hydrogen-bond acceptors (Lipinski definition) is 9. The van der Waals surface area contributed by atoms with E-state index in [0.29, 0.717) is 21.9 Å². The highest BCUT2D eigenvalue weighted by atomic mass is 32.1. The molecule has 15 heteroatoms. The fourth-order valence-electron chi connectivity index (χ4n) is 4.13. The molecular formula is C24H30F3N2O8PS. The molecule has 0 saturated carbocycles. The lowest BCUT2D eigenvalue weighted by molar-refractivity contribution is -0.205. The normalized spacial score (nSPS) is 31.5. The second kappa shape index (κ2) is 9.79. The molecule has 2 aliphatic rings. The first-order chi connectivity index (χ1) is 18.1. The molecule has 2 aromatic rings. The van der Waals surface area contributed by atoms with Crippen LogP contribution in [0.15, 0.2) is 17.1 Å². The van der Waals surface area contributed by atoms with Gasteiger partial charge in [-0.15, -0.1) is 0 Å². The fourth-order valence-corrected chi connectivity index (χ4v) is 5.60. The number of benzene rings is 1. The molecule has 0 aliphatic carbocycles. The third-order valence-corrected chi connectivity index (χ3v) is 7.91. The molecule has 216 valence electrons. The minimum Gasteiger partial charge on any atom is -0.403 e. The number of fused-ring (bicyclic) bond motifs is 1. The topological polar surface area (TPSA) is 132 Å². The average Bonchev–Trinajstić information content (AvgIpc) is 2.99. The van der Waals surface area contributed by atoms with Crippen LogP contribution < -0.4 is 10.1 Å². The van der Waals surface area contributed by atoms with E-state index in [1.807, 2.05) is 46.5 Å². The van der Waals surface area contributed by atoms with Crippen LogP contribution in [0.3, 0.4) is 0 Å². The number of aromatic amines is 1. The molecule has 2 aliphatic heterocycles. The van der Waals surface area contributed by atoms with E-state index in [0.717, 1.165) is 0 Å². The summed E-state index contributed by atoms with van der Waals surface area (Å²) in [5, 5.41) is 20.9. The maximum Gasteiger partial charge on any atom is 0.530 e. The molecule has 3 N–H and O–H groups in total. The number of alkyl halides is 1. The average molecular weight is 596 g/mol. The Balaban J connectivity index is 1.65. The van der Waals surface area contributed by atoms with Gasteiger partial charge in [-0.3, -0.25) is 23.4 Å². The molecule has 0 radical (unpaired) electrons. The highest BCUT2D eigenvalue weighted by Gasteiger charge is 2.58. The van der Waals surface area contributed by atoms with E-state index >= 15 is 8.78 Å². The highest BCUT2D eigenvalue weighted by Crippen LogP contribution is 2.58. The molecule has 1 aromatic carbocycles. The van der Waals surface area contributed by atoms with E-state index in [4.69, 9.17) is 31.9 Å². The molecule has 0 bridgehead atoms. The summed E-state index contributed by atoms with van der Waals surface area (Å²) in [4.78, 5) is 13.4. The van der Waals surface area contributed by atoms with Crippen LogP contribution in [0.5, 0.6) is 5.75 Å². The van der Waals surface area contributed by atoms with Crippen LogP contribution in [-0.2, 0) is 35.8 Å². The molecule has 1 fully saturated rings. The lowest BCUT2D eigenvalue weighted by Crippen LogP contribution is -2.43. The molecule has 0 spiro atoms. The summed E-state index contributed by atoms with van der Waals surface area (Å²) in [6.07, 6.45) is -7.45. The number of aromatic nitrogens is 2. The molecule has 3 heterocycles. The molecular weight excluding hydrogens is 564 g/mol. The first-order valence-electron chi connectivity index (χ1n) is 12.4. The number of rotatable bonds is 4. The molecule has 1 unspecified atom stereocenters. The van der Waals surface area contributed by atoms with Crippen LogP contribution in [0.1, 0.15) is 65.8 Å². The molecule has 5 atom stereocenters. The van der Waals surface area contributed by atoms with Crippen molar-refractivity contribution in [2.24, 2.45) is 0 Å². The summed E-state index contributed by atoms with van der Waals surface area (Å²) in [5.41, 5.74) is -1.58. The summed E-state index contributed by atoms with van der Waals surface area (Å²) in [6.45, 7) is 9.02. The third-order valence-electron chi connectivity index (χ3n) is 6.32. The molecule has 1 aromatic heterocycles. The van der Waals surface area contributed by atoms with Crippen molar-refractivity contribution in [3.63, 3.8) is 0 Å². The molecule has 10 nitrogen and oxygen atoms in total. The fraction of sp³-hybridized carbons (Fsp3) is 0.583. The van der Waals surface area contributed by atoms with Crippen LogP contribution in [0.4, 0.5) is 13.2 Å². The van der Waals surface area contributed by atoms with Crippen molar-refractivity contribution < 1.29 is 47.6 Å². The van der Waals surface area contributed by atoms with Gasteiger partial charge in [-0.2, -0.15) is 4.39 Å². The smallest absolute Gasteiger partial charge is 0.403 e. The number of aliphatic hydroxyl groups is 2. The zero-order valence-electron chi connectivity index (χ0n) is 23.0. The second-order valence-corrected chi connectivity index (χ2v) is 13.4. The van der Waals surface area contributed by atoms with Crippen LogP contribution in [0.2, 0.25) is 0 Å². The Labute approximate surface area is 228 Å². The largest absolute Gasteiger partial charge is 0.530 e. The molecule has 1 saturated heterocycles. The number of phosphoric ester groups is 1. The van der Waals surface area contributed by atoms with Gasteiger partial charge in [0.2, 0.25) is 5.82 Å². The molecule has 0 amide bonds. The number of phosphoric acid groups is 1. The van der Waals surface area contributed by atoms with Crippen LogP contribution in [0, 0.1) is 16.4 Å². The van der Waals surface area contributed by atoms with E-state index in [1.54, 1.807) is 6.07 Å². The van der Waals surface area contributed by atoms with Crippen molar-refractivity contribution >= 4 is 20.0 Å². The predicted octanol–water partition coefficient (Wildman–Crippen LogP) is 4.43. The Morgan fingerprint density at radius 3 is 2.46 bits per heavy atom. The van der Waals surface area contributed by atoms with Crippen LogP contribution in [-0.4, -0.2) is 44.4 Å². The van der Waals surface area contributed by atoms with Crippen molar-refractivity contribution in [2.75, 3.05) is 6.61 Å². The highest BCUT2D eigenvalue weighted by molar-refractivity contribution is 7.71.